The number of aromatic nitrogens is 5. The molecule has 0 atom stereocenters. The molecule has 0 saturated carbocycles. The Morgan fingerprint density at radius 1 is 1.09 bits per heavy atom. The second-order valence-electron chi connectivity index (χ2n) is 8.27. The van der Waals surface area contributed by atoms with Crippen molar-refractivity contribution in [3.8, 4) is 0 Å². The maximum absolute atomic E-state index is 12.8. The Labute approximate surface area is 184 Å². The first kappa shape index (κ1) is 20.4. The van der Waals surface area contributed by atoms with E-state index < -0.39 is 0 Å². The van der Waals surface area contributed by atoms with Gasteiger partial charge in [0.05, 0.1) is 29.6 Å². The van der Waals surface area contributed by atoms with Crippen LogP contribution in [0.1, 0.15) is 22.8 Å². The van der Waals surface area contributed by atoms with E-state index in [1.807, 2.05) is 47.4 Å². The highest BCUT2D eigenvalue weighted by molar-refractivity contribution is 5.80. The quantitative estimate of drug-likeness (QED) is 0.473. The Hall–Kier alpha value is -3.53. The van der Waals surface area contributed by atoms with Crippen LogP contribution < -0.4 is 5.56 Å². The third kappa shape index (κ3) is 3.36. The summed E-state index contributed by atoms with van der Waals surface area (Å²) in [4.78, 5) is 29.5. The number of hydrogen-bond donors (Lipinski definition) is 0. The summed E-state index contributed by atoms with van der Waals surface area (Å²) >= 11 is 0. The van der Waals surface area contributed by atoms with Crippen molar-refractivity contribution in [2.24, 2.45) is 7.05 Å². The molecular formula is C22H25N7O3. The van der Waals surface area contributed by atoms with Crippen LogP contribution in [0.2, 0.25) is 0 Å². The number of fused-ring (bicyclic) bond motifs is 3. The third-order valence-electron chi connectivity index (χ3n) is 6.29. The van der Waals surface area contributed by atoms with Gasteiger partial charge in [-0.05, 0) is 26.0 Å². The molecule has 5 rings (SSSR count). The van der Waals surface area contributed by atoms with Gasteiger partial charge in [-0.1, -0.05) is 17.3 Å². The second-order valence-corrected chi connectivity index (χ2v) is 8.27. The van der Waals surface area contributed by atoms with E-state index in [-0.39, 0.29) is 11.5 Å². The molecule has 10 nitrogen and oxygen atoms in total. The van der Waals surface area contributed by atoms with Gasteiger partial charge >= 0.3 is 0 Å². The Kier molecular flexibility index (Phi) is 5.01. The molecule has 1 amide bonds. The largest absolute Gasteiger partial charge is 0.361 e. The van der Waals surface area contributed by atoms with E-state index in [9.17, 15) is 9.59 Å². The molecule has 32 heavy (non-hydrogen) atoms. The van der Waals surface area contributed by atoms with Crippen molar-refractivity contribution in [1.29, 1.82) is 0 Å². The smallest absolute Gasteiger partial charge is 0.262 e. The molecule has 166 valence electrons. The molecule has 1 aliphatic heterocycles. The van der Waals surface area contributed by atoms with Gasteiger partial charge < -0.3 is 9.42 Å². The van der Waals surface area contributed by atoms with Gasteiger partial charge in [-0.3, -0.25) is 23.5 Å². The molecule has 4 aromatic rings. The topological polar surface area (TPSA) is 102 Å². The first-order valence-corrected chi connectivity index (χ1v) is 10.7. The fourth-order valence-electron chi connectivity index (χ4n) is 4.37. The predicted octanol–water partition coefficient (Wildman–Crippen LogP) is 1.07. The summed E-state index contributed by atoms with van der Waals surface area (Å²) in [5, 5.41) is 13.2. The number of hydrogen-bond acceptors (Lipinski definition) is 7. The van der Waals surface area contributed by atoms with Crippen LogP contribution in [0, 0.1) is 13.8 Å². The van der Waals surface area contributed by atoms with Crippen molar-refractivity contribution >= 4 is 22.6 Å². The van der Waals surface area contributed by atoms with Crippen LogP contribution in [0.15, 0.2) is 33.6 Å². The SMILES string of the molecule is Cc1noc(C)c1CC(=O)N1CCN(Cc2nnc3n(C)c(=O)c4ccccc4n23)CC1. The molecule has 0 bridgehead atoms. The summed E-state index contributed by atoms with van der Waals surface area (Å²) in [6, 6.07) is 7.51. The minimum atomic E-state index is -0.0857. The number of amides is 1. The number of rotatable bonds is 4. The highest BCUT2D eigenvalue weighted by Gasteiger charge is 2.25. The zero-order valence-electron chi connectivity index (χ0n) is 18.4. The molecular weight excluding hydrogens is 410 g/mol. The van der Waals surface area contributed by atoms with Gasteiger partial charge in [0.1, 0.15) is 5.76 Å². The van der Waals surface area contributed by atoms with Crippen LogP contribution in [-0.4, -0.2) is 66.2 Å². The molecule has 0 spiro atoms. The van der Waals surface area contributed by atoms with E-state index in [1.165, 1.54) is 4.57 Å². The maximum atomic E-state index is 12.8. The number of aryl methyl sites for hydroxylation is 3. The van der Waals surface area contributed by atoms with E-state index >= 15 is 0 Å². The highest BCUT2D eigenvalue weighted by Crippen LogP contribution is 2.17. The predicted molar refractivity (Wildman–Crippen MR) is 117 cm³/mol. The van der Waals surface area contributed by atoms with Gasteiger partial charge in [-0.15, -0.1) is 10.2 Å². The first-order chi connectivity index (χ1) is 15.4. The number of carbonyl (C=O) groups excluding carboxylic acids is 1. The third-order valence-corrected chi connectivity index (χ3v) is 6.29. The zero-order valence-corrected chi connectivity index (χ0v) is 18.4. The van der Waals surface area contributed by atoms with Crippen LogP contribution in [0.5, 0.6) is 0 Å². The minimum Gasteiger partial charge on any atom is -0.361 e. The van der Waals surface area contributed by atoms with Gasteiger partial charge in [-0.2, -0.15) is 0 Å². The average molecular weight is 435 g/mol. The number of piperazine rings is 1. The van der Waals surface area contributed by atoms with Crippen molar-refractivity contribution in [3.63, 3.8) is 0 Å². The summed E-state index contributed by atoms with van der Waals surface area (Å²) in [6.07, 6.45) is 0.315. The lowest BCUT2D eigenvalue weighted by atomic mass is 10.1. The molecule has 0 radical (unpaired) electrons. The van der Waals surface area contributed by atoms with Crippen LogP contribution >= 0.6 is 0 Å². The lowest BCUT2D eigenvalue weighted by molar-refractivity contribution is -0.132. The summed E-state index contributed by atoms with van der Waals surface area (Å²) in [6.45, 7) is 7.08. The maximum Gasteiger partial charge on any atom is 0.262 e. The van der Waals surface area contributed by atoms with Crippen molar-refractivity contribution in [1.82, 2.24) is 34.1 Å². The van der Waals surface area contributed by atoms with Crippen LogP contribution in [0.4, 0.5) is 0 Å². The minimum absolute atomic E-state index is 0.0857. The van der Waals surface area contributed by atoms with Gasteiger partial charge in [0.2, 0.25) is 11.7 Å². The van der Waals surface area contributed by atoms with Crippen LogP contribution in [0.3, 0.4) is 0 Å². The molecule has 0 aliphatic carbocycles. The standard InChI is InChI=1S/C22H25N7O3/c1-14-17(15(2)32-25-14)12-20(30)28-10-8-27(9-11-28)13-19-23-24-22-26(3)21(31)16-6-4-5-7-18(16)29(19)22/h4-7H,8-13H2,1-3H3. The van der Waals surface area contributed by atoms with E-state index in [2.05, 4.69) is 20.3 Å². The van der Waals surface area contributed by atoms with Gasteiger partial charge in [0, 0.05) is 38.8 Å². The fraction of sp³-hybridized carbons (Fsp3) is 0.409. The van der Waals surface area contributed by atoms with Gasteiger partial charge in [-0.25, -0.2) is 0 Å². The zero-order chi connectivity index (χ0) is 22.4. The number of carbonyl (C=O) groups is 1. The Morgan fingerprint density at radius 3 is 2.56 bits per heavy atom. The summed E-state index contributed by atoms with van der Waals surface area (Å²) < 4.78 is 8.66. The fourth-order valence-corrected chi connectivity index (χ4v) is 4.37. The normalized spacial score (nSPS) is 15.2. The van der Waals surface area contributed by atoms with E-state index in [0.717, 1.165) is 35.7 Å². The van der Waals surface area contributed by atoms with Gasteiger partial charge in [0.15, 0.2) is 5.82 Å². The van der Waals surface area contributed by atoms with Crippen LogP contribution in [-0.2, 0) is 24.8 Å². The molecule has 10 heteroatoms. The first-order valence-electron chi connectivity index (χ1n) is 10.7. The Bertz CT molecular complexity index is 1360. The van der Waals surface area contributed by atoms with E-state index in [1.54, 1.807) is 7.05 Å². The molecule has 3 aromatic heterocycles. The summed E-state index contributed by atoms with van der Waals surface area (Å²) in [7, 11) is 1.71. The molecule has 1 saturated heterocycles. The van der Waals surface area contributed by atoms with E-state index in [4.69, 9.17) is 4.52 Å². The molecule has 4 heterocycles. The Morgan fingerprint density at radius 2 is 1.84 bits per heavy atom. The van der Waals surface area contributed by atoms with Crippen molar-refractivity contribution < 1.29 is 9.32 Å². The van der Waals surface area contributed by atoms with E-state index in [0.29, 0.717) is 43.0 Å². The van der Waals surface area contributed by atoms with Gasteiger partial charge in [0.25, 0.3) is 5.56 Å². The number of para-hydroxylation sites is 1. The molecule has 0 unspecified atom stereocenters. The molecule has 1 fully saturated rings. The molecule has 1 aromatic carbocycles. The summed E-state index contributed by atoms with van der Waals surface area (Å²) in [5.74, 6) is 2.10. The van der Waals surface area contributed by atoms with Crippen LogP contribution in [0.25, 0.3) is 16.7 Å². The second kappa shape index (κ2) is 7.86. The number of nitrogens with zero attached hydrogens (tertiary/aromatic N) is 7. The molecule has 0 N–H and O–H groups in total. The van der Waals surface area contributed by atoms with Crippen molar-refractivity contribution in [3.05, 3.63) is 57.5 Å². The lowest BCUT2D eigenvalue weighted by Crippen LogP contribution is -2.49. The average Bonchev–Trinajstić information content (AvgIpc) is 3.36. The monoisotopic (exact) mass is 435 g/mol. The highest BCUT2D eigenvalue weighted by atomic mass is 16.5. The number of benzene rings is 1. The Balaban J connectivity index is 1.32. The summed E-state index contributed by atoms with van der Waals surface area (Å²) in [5.41, 5.74) is 2.37. The van der Waals surface area contributed by atoms with Crippen molar-refractivity contribution in [2.45, 2.75) is 26.8 Å². The molecule has 1 aliphatic rings. The van der Waals surface area contributed by atoms with Crippen molar-refractivity contribution in [2.75, 3.05) is 26.2 Å². The lowest BCUT2D eigenvalue weighted by Gasteiger charge is -2.34.